The van der Waals surface area contributed by atoms with E-state index in [1.54, 1.807) is 29.3 Å². The number of carbonyl (C=O) groups is 1. The molecular formula is C31H25N5O2S3. The van der Waals surface area contributed by atoms with E-state index in [9.17, 15) is 4.79 Å². The molecule has 1 amide bonds. The number of nitrogens with zero attached hydrogens (tertiary/aromatic N) is 4. The lowest BCUT2D eigenvalue weighted by molar-refractivity contribution is 0.0306. The van der Waals surface area contributed by atoms with Crippen molar-refractivity contribution < 1.29 is 9.53 Å². The van der Waals surface area contributed by atoms with Gasteiger partial charge in [-0.2, -0.15) is 0 Å². The van der Waals surface area contributed by atoms with Crippen LogP contribution in [0.15, 0.2) is 88.1 Å². The molecule has 1 N–H and O–H groups in total. The molecule has 0 bridgehead atoms. The number of amides is 1. The summed E-state index contributed by atoms with van der Waals surface area (Å²) in [4.78, 5) is 23.4. The van der Waals surface area contributed by atoms with Gasteiger partial charge in [-0.15, -0.1) is 32.9 Å². The molecule has 0 radical (unpaired) electrons. The molecular weight excluding hydrogens is 571 g/mol. The van der Waals surface area contributed by atoms with Crippen molar-refractivity contribution in [2.75, 3.05) is 31.6 Å². The van der Waals surface area contributed by atoms with Gasteiger partial charge >= 0.3 is 0 Å². The number of ether oxygens (including phenoxy) is 1. The number of rotatable bonds is 6. The van der Waals surface area contributed by atoms with Gasteiger partial charge in [0.15, 0.2) is 5.82 Å². The van der Waals surface area contributed by atoms with Gasteiger partial charge in [0.05, 0.1) is 33.2 Å². The second kappa shape index (κ2) is 11.2. The van der Waals surface area contributed by atoms with E-state index in [0.29, 0.717) is 26.3 Å². The lowest BCUT2D eigenvalue weighted by Gasteiger charge is -2.26. The third kappa shape index (κ3) is 5.31. The van der Waals surface area contributed by atoms with Gasteiger partial charge in [-0.1, -0.05) is 36.0 Å². The molecule has 4 aromatic heterocycles. The Kier molecular flexibility index (Phi) is 7.14. The molecule has 0 atom stereocenters. The number of pyridine rings is 1. The van der Waals surface area contributed by atoms with Crippen LogP contribution in [-0.2, 0) is 4.74 Å². The summed E-state index contributed by atoms with van der Waals surface area (Å²) in [5.74, 6) is 0.779. The van der Waals surface area contributed by atoms with E-state index >= 15 is 0 Å². The number of aromatic nitrogens is 3. The minimum Gasteiger partial charge on any atom is -0.378 e. The van der Waals surface area contributed by atoms with Crippen LogP contribution in [0.5, 0.6) is 0 Å². The van der Waals surface area contributed by atoms with Crippen LogP contribution in [0, 0.1) is 6.92 Å². The van der Waals surface area contributed by atoms with Crippen molar-refractivity contribution in [2.45, 2.75) is 16.7 Å². The molecule has 0 aliphatic carbocycles. The largest absolute Gasteiger partial charge is 0.378 e. The van der Waals surface area contributed by atoms with E-state index in [0.717, 1.165) is 57.7 Å². The van der Waals surface area contributed by atoms with E-state index in [-0.39, 0.29) is 5.91 Å². The van der Waals surface area contributed by atoms with Crippen molar-refractivity contribution in [3.8, 4) is 10.6 Å². The first-order chi connectivity index (χ1) is 20.1. The fourth-order valence-corrected chi connectivity index (χ4v) is 7.82. The summed E-state index contributed by atoms with van der Waals surface area (Å²) in [5.41, 5.74) is 3.91. The summed E-state index contributed by atoms with van der Waals surface area (Å²) >= 11 is 4.86. The number of anilines is 2. The normalized spacial score (nSPS) is 13.6. The Morgan fingerprint density at radius 3 is 2.59 bits per heavy atom. The zero-order valence-corrected chi connectivity index (χ0v) is 24.6. The molecule has 1 fully saturated rings. The monoisotopic (exact) mass is 595 g/mol. The van der Waals surface area contributed by atoms with Crippen LogP contribution < -0.4 is 5.32 Å². The first-order valence-corrected chi connectivity index (χ1v) is 15.7. The number of thiophene rings is 2. The zero-order chi connectivity index (χ0) is 27.8. The number of nitrogens with one attached hydrogen (secondary N) is 1. The van der Waals surface area contributed by atoms with E-state index in [2.05, 4.69) is 75.3 Å². The summed E-state index contributed by atoms with van der Waals surface area (Å²) in [5, 5.41) is 16.8. The predicted octanol–water partition coefficient (Wildman–Crippen LogP) is 7.64. The first kappa shape index (κ1) is 26.1. The van der Waals surface area contributed by atoms with Crippen LogP contribution in [0.3, 0.4) is 0 Å². The van der Waals surface area contributed by atoms with E-state index in [1.807, 2.05) is 29.2 Å². The number of benzene rings is 2. The lowest BCUT2D eigenvalue weighted by atomic mass is 10.1. The first-order valence-electron chi connectivity index (χ1n) is 13.2. The van der Waals surface area contributed by atoms with Gasteiger partial charge in [-0.05, 0) is 60.3 Å². The molecule has 6 aromatic rings. The molecule has 1 aliphatic rings. The average Bonchev–Trinajstić information content (AvgIpc) is 3.65. The third-order valence-corrected chi connectivity index (χ3v) is 10.3. The van der Waals surface area contributed by atoms with Crippen LogP contribution >= 0.6 is 34.4 Å². The maximum Gasteiger partial charge on any atom is 0.264 e. The van der Waals surface area contributed by atoms with Crippen molar-refractivity contribution in [3.05, 3.63) is 88.7 Å². The van der Waals surface area contributed by atoms with Crippen molar-refractivity contribution in [3.63, 3.8) is 0 Å². The Balaban J connectivity index is 1.11. The highest BCUT2D eigenvalue weighted by molar-refractivity contribution is 7.99. The molecule has 7 nitrogen and oxygen atoms in total. The molecule has 1 saturated heterocycles. The summed E-state index contributed by atoms with van der Waals surface area (Å²) in [6.45, 7) is 4.52. The van der Waals surface area contributed by atoms with Crippen LogP contribution in [0.4, 0.5) is 11.5 Å². The van der Waals surface area contributed by atoms with Crippen LogP contribution in [0.1, 0.15) is 15.2 Å². The SMILES string of the molecule is Cc1csc(-c2nnc(Nc3ccc(Sc4ccnc5cc(C(=O)N6CCOCC6)sc45)cc3)c3ccccc23)c1. The molecule has 41 heavy (non-hydrogen) atoms. The minimum absolute atomic E-state index is 0.0526. The van der Waals surface area contributed by atoms with Gasteiger partial charge < -0.3 is 15.0 Å². The highest BCUT2D eigenvalue weighted by Crippen LogP contribution is 2.38. The summed E-state index contributed by atoms with van der Waals surface area (Å²) < 4.78 is 6.42. The number of carbonyl (C=O) groups excluding carboxylic acids is 1. The summed E-state index contributed by atoms with van der Waals surface area (Å²) in [7, 11) is 0. The Labute approximate surface area is 249 Å². The number of hydrogen-bond donors (Lipinski definition) is 1. The van der Waals surface area contributed by atoms with Crippen molar-refractivity contribution in [1.29, 1.82) is 0 Å². The smallest absolute Gasteiger partial charge is 0.264 e. The topological polar surface area (TPSA) is 80.2 Å². The fourth-order valence-electron chi connectivity index (χ4n) is 4.83. The number of hydrogen-bond acceptors (Lipinski definition) is 9. The Morgan fingerprint density at radius 1 is 1.00 bits per heavy atom. The van der Waals surface area contributed by atoms with Crippen molar-refractivity contribution >= 4 is 72.8 Å². The van der Waals surface area contributed by atoms with Crippen LogP contribution in [-0.4, -0.2) is 52.3 Å². The quantitative estimate of drug-likeness (QED) is 0.212. The van der Waals surface area contributed by atoms with Gasteiger partial charge in [0, 0.05) is 45.5 Å². The molecule has 5 heterocycles. The van der Waals surface area contributed by atoms with E-state index in [1.165, 1.54) is 16.9 Å². The molecule has 204 valence electrons. The van der Waals surface area contributed by atoms with Gasteiger partial charge in [0.2, 0.25) is 0 Å². The predicted molar refractivity (Wildman–Crippen MR) is 168 cm³/mol. The maximum atomic E-state index is 13.0. The van der Waals surface area contributed by atoms with Gasteiger partial charge in [-0.3, -0.25) is 9.78 Å². The summed E-state index contributed by atoms with van der Waals surface area (Å²) in [6.07, 6.45) is 1.81. The highest BCUT2D eigenvalue weighted by atomic mass is 32.2. The van der Waals surface area contributed by atoms with Gasteiger partial charge in [0.1, 0.15) is 5.69 Å². The van der Waals surface area contributed by atoms with Gasteiger partial charge in [-0.25, -0.2) is 0 Å². The maximum absolute atomic E-state index is 13.0. The van der Waals surface area contributed by atoms with Gasteiger partial charge in [0.25, 0.3) is 5.91 Å². The lowest BCUT2D eigenvalue weighted by Crippen LogP contribution is -2.40. The van der Waals surface area contributed by atoms with Crippen molar-refractivity contribution in [1.82, 2.24) is 20.1 Å². The molecule has 2 aromatic carbocycles. The Hall–Kier alpha value is -3.83. The molecule has 1 aliphatic heterocycles. The minimum atomic E-state index is 0.0526. The summed E-state index contributed by atoms with van der Waals surface area (Å²) in [6, 6.07) is 22.6. The Morgan fingerprint density at radius 2 is 1.80 bits per heavy atom. The van der Waals surface area contributed by atoms with Crippen molar-refractivity contribution in [2.24, 2.45) is 0 Å². The number of morpholine rings is 1. The second-order valence-corrected chi connectivity index (χ2v) is 12.8. The van der Waals surface area contributed by atoms with E-state index < -0.39 is 0 Å². The fraction of sp³-hybridized carbons (Fsp3) is 0.161. The molecule has 10 heteroatoms. The highest BCUT2D eigenvalue weighted by Gasteiger charge is 2.21. The van der Waals surface area contributed by atoms with Crippen LogP contribution in [0.25, 0.3) is 31.6 Å². The zero-order valence-electron chi connectivity index (χ0n) is 22.2. The Bertz CT molecular complexity index is 1880. The standard InChI is InChI=1S/C31H25N5O2S3/c1-19-16-26(39-18-19)28-22-4-2-3-5-23(22)30(35-34-28)33-20-6-8-21(9-7-20)40-25-10-11-32-24-17-27(41-29(24)25)31(37)36-12-14-38-15-13-36/h2-11,16-18H,12-15H2,1H3,(H,33,35). The molecule has 0 unspecified atom stereocenters. The third-order valence-electron chi connectivity index (χ3n) is 6.88. The number of aryl methyl sites for hydroxylation is 1. The van der Waals surface area contributed by atoms with E-state index in [4.69, 9.17) is 4.74 Å². The second-order valence-electron chi connectivity index (χ2n) is 9.72. The average molecular weight is 596 g/mol. The molecule has 0 saturated carbocycles. The van der Waals surface area contributed by atoms with Crippen LogP contribution in [0.2, 0.25) is 0 Å². The number of fused-ring (bicyclic) bond motifs is 2. The molecule has 7 rings (SSSR count). The molecule has 0 spiro atoms.